The van der Waals surface area contributed by atoms with Crippen LogP contribution in [0.15, 0.2) is 102 Å². The monoisotopic (exact) mass is 761 g/mol. The van der Waals surface area contributed by atoms with E-state index in [0.717, 1.165) is 51.2 Å². The lowest BCUT2D eigenvalue weighted by atomic mass is 9.98. The minimum Gasteiger partial charge on any atom is -0.404 e. The summed E-state index contributed by atoms with van der Waals surface area (Å²) < 4.78 is 43.8. The number of nitrogens with zero attached hydrogens (tertiary/aromatic N) is 7. The number of piperazine rings is 1. The number of nitrogens with one attached hydrogen (secondary N) is 1. The Bertz CT molecular complexity index is 1860. The van der Waals surface area contributed by atoms with Crippen LogP contribution >= 0.6 is 0 Å². The molecule has 55 heavy (non-hydrogen) atoms. The molecule has 292 valence electrons. The van der Waals surface area contributed by atoms with E-state index >= 15 is 0 Å². The number of hydrogen-bond donors (Lipinski definition) is 2. The molecule has 4 heterocycles. The van der Waals surface area contributed by atoms with Gasteiger partial charge in [-0.15, -0.1) is 0 Å². The van der Waals surface area contributed by atoms with Crippen molar-refractivity contribution < 1.29 is 32.3 Å². The minimum absolute atomic E-state index is 0.0161. The van der Waals surface area contributed by atoms with Crippen LogP contribution in [0, 0.1) is 0 Å². The van der Waals surface area contributed by atoms with Crippen molar-refractivity contribution in [3.05, 3.63) is 114 Å². The number of rotatable bonds is 10. The largest absolute Gasteiger partial charge is 0.433 e. The van der Waals surface area contributed by atoms with Gasteiger partial charge in [0.1, 0.15) is 17.6 Å². The number of hydrogen-bond acceptors (Lipinski definition) is 10. The number of carbonyl (C=O) groups is 3. The number of carbonyl (C=O) groups excluding carboxylic acids is 3. The van der Waals surface area contributed by atoms with Gasteiger partial charge in [-0.25, -0.2) is 15.0 Å². The third-order valence-corrected chi connectivity index (χ3v) is 9.36. The van der Waals surface area contributed by atoms with Gasteiger partial charge < -0.3 is 20.7 Å². The first-order valence-electron chi connectivity index (χ1n) is 18.0. The number of aromatic nitrogens is 2. The number of halogens is 3. The molecule has 3 fully saturated rings. The number of amides is 3. The van der Waals surface area contributed by atoms with Gasteiger partial charge in [0.15, 0.2) is 0 Å². The molecule has 0 saturated carbocycles. The molecule has 3 N–H and O–H groups in total. The number of benzene rings is 2. The molecule has 6 rings (SSSR count). The van der Waals surface area contributed by atoms with Gasteiger partial charge in [0.05, 0.1) is 24.9 Å². The van der Waals surface area contributed by atoms with E-state index in [0.29, 0.717) is 47.9 Å². The highest BCUT2D eigenvalue weighted by atomic mass is 19.4. The van der Waals surface area contributed by atoms with Crippen LogP contribution in [-0.4, -0.2) is 125 Å². The number of likely N-dealkylation sites (N-methyl/N-ethyl adjacent to an activating group) is 2. The molecule has 0 aliphatic carbocycles. The lowest BCUT2D eigenvalue weighted by molar-refractivity contribution is -0.141. The Hall–Kier alpha value is -5.45. The summed E-state index contributed by atoms with van der Waals surface area (Å²) in [5.41, 5.74) is 7.41. The SMILES string of the molecule is C=C(CN1CCN(C2COC2)CC1)C(=O)N(C)Cc1ccccc1.CCN1C(=O)C(NC(=O)c2nccc(C(F)(F)F)n2)C/C(=C/N)C1=Nc1ccccc1. The molecule has 0 radical (unpaired) electrons. The van der Waals surface area contributed by atoms with Crippen LogP contribution in [0.3, 0.4) is 0 Å². The van der Waals surface area contributed by atoms with Crippen LogP contribution in [0.4, 0.5) is 18.9 Å². The van der Waals surface area contributed by atoms with Gasteiger partial charge >= 0.3 is 6.18 Å². The van der Waals surface area contributed by atoms with Crippen LogP contribution < -0.4 is 11.1 Å². The van der Waals surface area contributed by atoms with Crippen molar-refractivity contribution in [3.63, 3.8) is 0 Å². The van der Waals surface area contributed by atoms with Crippen molar-refractivity contribution in [1.82, 2.24) is 34.9 Å². The van der Waals surface area contributed by atoms with Gasteiger partial charge in [0.25, 0.3) is 17.7 Å². The second kappa shape index (κ2) is 18.7. The first kappa shape index (κ1) is 40.7. The van der Waals surface area contributed by atoms with E-state index in [4.69, 9.17) is 10.5 Å². The Kier molecular flexibility index (Phi) is 13.9. The zero-order valence-corrected chi connectivity index (χ0v) is 30.9. The molecule has 2 aromatic carbocycles. The van der Waals surface area contributed by atoms with Crippen molar-refractivity contribution >= 4 is 29.2 Å². The summed E-state index contributed by atoms with van der Waals surface area (Å²) in [6.45, 7) is 13.1. The van der Waals surface area contributed by atoms with Gasteiger partial charge in [-0.2, -0.15) is 13.2 Å². The Morgan fingerprint density at radius 2 is 1.71 bits per heavy atom. The number of piperidine rings is 1. The third-order valence-electron chi connectivity index (χ3n) is 9.36. The summed E-state index contributed by atoms with van der Waals surface area (Å²) in [6.07, 6.45) is -2.59. The van der Waals surface area contributed by atoms with E-state index in [1.54, 1.807) is 36.1 Å². The normalized spacial score (nSPS) is 19.7. The van der Waals surface area contributed by atoms with E-state index in [9.17, 15) is 27.6 Å². The molecule has 3 aliphatic rings. The molecular weight excluding hydrogens is 715 g/mol. The zero-order chi connectivity index (χ0) is 39.5. The fraction of sp³-hybridized carbons (Fsp3) is 0.385. The summed E-state index contributed by atoms with van der Waals surface area (Å²) >= 11 is 0. The topological polar surface area (TPSA) is 150 Å². The second-order valence-corrected chi connectivity index (χ2v) is 13.3. The molecule has 1 unspecified atom stereocenters. The number of aliphatic imine (C=N–C) groups is 1. The van der Waals surface area contributed by atoms with Crippen molar-refractivity contribution in [2.24, 2.45) is 10.7 Å². The fourth-order valence-corrected chi connectivity index (χ4v) is 6.29. The van der Waals surface area contributed by atoms with Gasteiger partial charge in [-0.05, 0) is 30.7 Å². The summed E-state index contributed by atoms with van der Waals surface area (Å²) in [5, 5.41) is 2.40. The molecule has 1 aromatic heterocycles. The highest BCUT2D eigenvalue weighted by Gasteiger charge is 2.38. The first-order chi connectivity index (χ1) is 26.4. The number of amidine groups is 1. The standard InChI is InChI=1S/C20H19F3N6O2.C19H27N3O2/c1-2-29-17(26-13-6-4-3-5-7-13)12(11-24)10-14(19(29)31)27-18(30)16-25-9-8-15(28-16)20(21,22)23;1-16(19(23)20(2)13-17-6-4-3-5-7-17)12-21-8-10-22(11-9-21)18-14-24-15-18/h3-9,11,14H,2,10,24H2,1H3,(H,27,30);3-7,18H,1,8-15H2,2H3/b12-11-,26-17?;. The minimum atomic E-state index is -4.73. The van der Waals surface area contributed by atoms with Crippen LogP contribution in [-0.2, 0) is 27.0 Å². The predicted octanol–water partition coefficient (Wildman–Crippen LogP) is 3.64. The van der Waals surface area contributed by atoms with E-state index in [1.165, 1.54) is 11.1 Å². The second-order valence-electron chi connectivity index (χ2n) is 13.3. The Morgan fingerprint density at radius 1 is 1.05 bits per heavy atom. The highest BCUT2D eigenvalue weighted by molar-refractivity contribution is 6.13. The smallest absolute Gasteiger partial charge is 0.404 e. The van der Waals surface area contributed by atoms with Crippen LogP contribution in [0.1, 0.15) is 35.2 Å². The van der Waals surface area contributed by atoms with Crippen molar-refractivity contribution in [2.45, 2.75) is 38.1 Å². The maximum absolute atomic E-state index is 13.0. The molecule has 1 atom stereocenters. The molecule has 3 aliphatic heterocycles. The average molecular weight is 762 g/mol. The molecule has 16 heteroatoms. The molecule has 3 amide bonds. The predicted molar refractivity (Wildman–Crippen MR) is 201 cm³/mol. The fourth-order valence-electron chi connectivity index (χ4n) is 6.29. The lowest BCUT2D eigenvalue weighted by Gasteiger charge is -2.42. The molecule has 0 spiro atoms. The van der Waals surface area contributed by atoms with E-state index < -0.39 is 35.6 Å². The number of nitrogens with two attached hydrogens (primary N) is 1. The lowest BCUT2D eigenvalue weighted by Crippen LogP contribution is -2.56. The molecular formula is C39H46F3N9O4. The van der Waals surface area contributed by atoms with E-state index in [1.807, 2.05) is 43.4 Å². The van der Waals surface area contributed by atoms with E-state index in [2.05, 4.69) is 36.7 Å². The van der Waals surface area contributed by atoms with Crippen molar-refractivity contribution in [1.29, 1.82) is 0 Å². The van der Waals surface area contributed by atoms with Gasteiger partial charge in [0, 0.05) is 82.8 Å². The Morgan fingerprint density at radius 3 is 2.29 bits per heavy atom. The number of para-hydroxylation sites is 1. The summed E-state index contributed by atoms with van der Waals surface area (Å²) in [7, 11) is 1.84. The zero-order valence-electron chi connectivity index (χ0n) is 30.9. The summed E-state index contributed by atoms with van der Waals surface area (Å²) in [6, 6.07) is 19.2. The van der Waals surface area contributed by atoms with Crippen LogP contribution in [0.25, 0.3) is 0 Å². The number of ether oxygens (including phenoxy) is 1. The highest BCUT2D eigenvalue weighted by Crippen LogP contribution is 2.27. The van der Waals surface area contributed by atoms with E-state index in [-0.39, 0.29) is 18.9 Å². The molecule has 3 saturated heterocycles. The van der Waals surface area contributed by atoms with Crippen LogP contribution in [0.5, 0.6) is 0 Å². The molecule has 13 nitrogen and oxygen atoms in total. The molecule has 0 bridgehead atoms. The van der Waals surface area contributed by atoms with Gasteiger partial charge in [-0.1, -0.05) is 55.1 Å². The first-order valence-corrected chi connectivity index (χ1v) is 18.0. The number of alkyl halides is 3. The molecule has 3 aromatic rings. The maximum atomic E-state index is 13.0. The Labute approximate surface area is 318 Å². The summed E-state index contributed by atoms with van der Waals surface area (Å²) in [4.78, 5) is 57.2. The van der Waals surface area contributed by atoms with Crippen molar-refractivity contribution in [2.75, 3.05) is 59.5 Å². The summed E-state index contributed by atoms with van der Waals surface area (Å²) in [5.74, 6) is -1.77. The average Bonchev–Trinajstić information content (AvgIpc) is 3.16. The quantitative estimate of drug-likeness (QED) is 0.296. The Balaban J connectivity index is 0.000000218. The van der Waals surface area contributed by atoms with Crippen molar-refractivity contribution in [3.8, 4) is 0 Å². The maximum Gasteiger partial charge on any atom is 0.433 e. The number of likely N-dealkylation sites (tertiary alicyclic amines) is 1. The van der Waals surface area contributed by atoms with Crippen LogP contribution in [0.2, 0.25) is 0 Å². The van der Waals surface area contributed by atoms with Gasteiger partial charge in [0.2, 0.25) is 5.82 Å². The van der Waals surface area contributed by atoms with Gasteiger partial charge in [-0.3, -0.25) is 29.1 Å². The third kappa shape index (κ3) is 10.8.